The van der Waals surface area contributed by atoms with E-state index >= 15 is 0 Å². The van der Waals surface area contributed by atoms with Crippen LogP contribution in [0.25, 0.3) is 6.08 Å². The first-order valence-corrected chi connectivity index (χ1v) is 4.79. The van der Waals surface area contributed by atoms with Crippen LogP contribution in [0, 0.1) is 0 Å². The molecule has 0 atom stereocenters. The minimum Gasteiger partial charge on any atom is -0.402 e. The summed E-state index contributed by atoms with van der Waals surface area (Å²) in [6.45, 7) is 0. The number of hydrogen-bond acceptors (Lipinski definition) is 1. The first kappa shape index (κ1) is 7.87. The number of fused-ring (bicyclic) bond motifs is 1. The van der Waals surface area contributed by atoms with E-state index in [4.69, 9.17) is 5.73 Å². The van der Waals surface area contributed by atoms with Crippen LogP contribution in [0.4, 0.5) is 0 Å². The number of aryl methyl sites for hydroxylation is 1. The van der Waals surface area contributed by atoms with Gasteiger partial charge in [-0.25, -0.2) is 0 Å². The lowest BCUT2D eigenvalue weighted by Crippen LogP contribution is -2.05. The largest absolute Gasteiger partial charge is 0.402 e. The van der Waals surface area contributed by atoms with Gasteiger partial charge in [-0.2, -0.15) is 0 Å². The molecule has 62 valence electrons. The highest BCUT2D eigenvalue weighted by molar-refractivity contribution is 9.10. The minimum atomic E-state index is 0.990. The predicted octanol–water partition coefficient (Wildman–Crippen LogP) is 2.69. The van der Waals surface area contributed by atoms with E-state index in [1.54, 1.807) is 0 Å². The number of rotatable bonds is 0. The second-order valence-corrected chi connectivity index (χ2v) is 3.98. The van der Waals surface area contributed by atoms with Gasteiger partial charge in [-0.3, -0.25) is 0 Å². The molecule has 1 nitrogen and oxygen atoms in total. The Morgan fingerprint density at radius 1 is 1.25 bits per heavy atom. The molecular formula is C10H10BrN. The van der Waals surface area contributed by atoms with Crippen LogP contribution in [0.2, 0.25) is 0 Å². The number of allylic oxidation sites excluding steroid dienone is 1. The highest BCUT2D eigenvalue weighted by atomic mass is 79.9. The van der Waals surface area contributed by atoms with Crippen molar-refractivity contribution in [1.29, 1.82) is 0 Å². The summed E-state index contributed by atoms with van der Waals surface area (Å²) < 4.78 is 1.15. The van der Waals surface area contributed by atoms with E-state index in [1.807, 2.05) is 6.07 Å². The van der Waals surface area contributed by atoms with E-state index in [-0.39, 0.29) is 0 Å². The molecule has 0 amide bonds. The molecule has 1 aliphatic carbocycles. The quantitative estimate of drug-likeness (QED) is 0.720. The zero-order valence-corrected chi connectivity index (χ0v) is 8.26. The van der Waals surface area contributed by atoms with Gasteiger partial charge in [0.2, 0.25) is 0 Å². The zero-order valence-electron chi connectivity index (χ0n) is 6.68. The van der Waals surface area contributed by atoms with Gasteiger partial charge in [0.05, 0.1) is 0 Å². The number of hydrogen-bond donors (Lipinski definition) is 1. The van der Waals surface area contributed by atoms with Crippen LogP contribution < -0.4 is 5.73 Å². The molecule has 0 heterocycles. The summed E-state index contributed by atoms with van der Waals surface area (Å²) in [5.74, 6) is 0. The van der Waals surface area contributed by atoms with Crippen LogP contribution in [-0.2, 0) is 6.42 Å². The average Bonchev–Trinajstić information content (AvgIpc) is 2.05. The van der Waals surface area contributed by atoms with Gasteiger partial charge < -0.3 is 5.73 Å². The Morgan fingerprint density at radius 2 is 2.08 bits per heavy atom. The van der Waals surface area contributed by atoms with Gasteiger partial charge >= 0.3 is 0 Å². The lowest BCUT2D eigenvalue weighted by molar-refractivity contribution is 0.913. The SMILES string of the molecule is NC1=Cc2ccc(Br)cc2CC1. The Bertz CT molecular complexity index is 342. The van der Waals surface area contributed by atoms with Crippen molar-refractivity contribution < 1.29 is 0 Å². The third-order valence-corrected chi connectivity index (χ3v) is 2.62. The molecule has 0 saturated carbocycles. The second kappa shape index (κ2) is 2.94. The fraction of sp³-hybridized carbons (Fsp3) is 0.200. The van der Waals surface area contributed by atoms with Crippen molar-refractivity contribution >= 4 is 22.0 Å². The van der Waals surface area contributed by atoms with E-state index in [2.05, 4.69) is 34.1 Å². The second-order valence-electron chi connectivity index (χ2n) is 3.06. The molecule has 0 saturated heterocycles. The molecule has 2 N–H and O–H groups in total. The van der Waals surface area contributed by atoms with Crippen molar-refractivity contribution in [3.05, 3.63) is 39.5 Å². The van der Waals surface area contributed by atoms with E-state index in [1.165, 1.54) is 11.1 Å². The van der Waals surface area contributed by atoms with Crippen molar-refractivity contribution in [3.63, 3.8) is 0 Å². The number of halogens is 1. The van der Waals surface area contributed by atoms with Gasteiger partial charge in [-0.15, -0.1) is 0 Å². The Kier molecular flexibility index (Phi) is 1.93. The van der Waals surface area contributed by atoms with Crippen molar-refractivity contribution in [2.24, 2.45) is 5.73 Å². The maximum atomic E-state index is 5.74. The van der Waals surface area contributed by atoms with Crippen molar-refractivity contribution in [1.82, 2.24) is 0 Å². The molecule has 0 aliphatic heterocycles. The van der Waals surface area contributed by atoms with Gasteiger partial charge in [-0.05, 0) is 42.2 Å². The Hall–Kier alpha value is -0.760. The summed E-state index contributed by atoms with van der Waals surface area (Å²) in [7, 11) is 0. The van der Waals surface area contributed by atoms with Crippen LogP contribution in [0.3, 0.4) is 0 Å². The molecule has 0 aromatic heterocycles. The summed E-state index contributed by atoms with van der Waals surface area (Å²) >= 11 is 3.45. The average molecular weight is 224 g/mol. The summed E-state index contributed by atoms with van der Waals surface area (Å²) in [6, 6.07) is 6.32. The molecule has 0 radical (unpaired) electrons. The van der Waals surface area contributed by atoms with E-state index < -0.39 is 0 Å². The smallest absolute Gasteiger partial charge is 0.0178 e. The third-order valence-electron chi connectivity index (χ3n) is 2.13. The molecule has 2 rings (SSSR count). The summed E-state index contributed by atoms with van der Waals surface area (Å²) in [4.78, 5) is 0. The van der Waals surface area contributed by atoms with Gasteiger partial charge in [0, 0.05) is 10.2 Å². The fourth-order valence-electron chi connectivity index (χ4n) is 1.48. The summed E-state index contributed by atoms with van der Waals surface area (Å²) in [5, 5.41) is 0. The van der Waals surface area contributed by atoms with E-state index in [0.717, 1.165) is 23.0 Å². The molecule has 12 heavy (non-hydrogen) atoms. The Morgan fingerprint density at radius 3 is 2.92 bits per heavy atom. The van der Waals surface area contributed by atoms with Crippen molar-refractivity contribution in [2.75, 3.05) is 0 Å². The monoisotopic (exact) mass is 223 g/mol. The summed E-state index contributed by atoms with van der Waals surface area (Å²) in [6.07, 6.45) is 4.12. The topological polar surface area (TPSA) is 26.0 Å². The highest BCUT2D eigenvalue weighted by Crippen LogP contribution is 2.24. The van der Waals surface area contributed by atoms with Crippen molar-refractivity contribution in [2.45, 2.75) is 12.8 Å². The van der Waals surface area contributed by atoms with Crippen LogP contribution in [-0.4, -0.2) is 0 Å². The first-order chi connectivity index (χ1) is 5.75. The minimum absolute atomic E-state index is 0.990. The lowest BCUT2D eigenvalue weighted by Gasteiger charge is -2.13. The molecule has 1 aromatic carbocycles. The molecule has 0 unspecified atom stereocenters. The van der Waals surface area contributed by atoms with Crippen LogP contribution in [0.5, 0.6) is 0 Å². The number of benzene rings is 1. The zero-order chi connectivity index (χ0) is 8.55. The van der Waals surface area contributed by atoms with E-state index in [9.17, 15) is 0 Å². The molecule has 2 heteroatoms. The standard InChI is InChI=1S/C10H10BrN/c11-9-3-1-8-6-10(12)4-2-7(8)5-9/h1,3,5-6H,2,4,12H2. The number of nitrogens with two attached hydrogens (primary N) is 1. The van der Waals surface area contributed by atoms with Crippen LogP contribution in [0.15, 0.2) is 28.4 Å². The Balaban J connectivity index is 2.51. The lowest BCUT2D eigenvalue weighted by atomic mass is 9.96. The maximum absolute atomic E-state index is 5.74. The molecule has 0 fully saturated rings. The highest BCUT2D eigenvalue weighted by Gasteiger charge is 2.07. The normalized spacial score (nSPS) is 15.2. The van der Waals surface area contributed by atoms with Gasteiger partial charge in [0.25, 0.3) is 0 Å². The fourth-order valence-corrected chi connectivity index (χ4v) is 1.89. The third kappa shape index (κ3) is 1.39. The molecule has 1 aliphatic rings. The molecular weight excluding hydrogens is 214 g/mol. The summed E-state index contributed by atoms with van der Waals surface area (Å²) in [5.41, 5.74) is 9.38. The van der Waals surface area contributed by atoms with Gasteiger partial charge in [0.15, 0.2) is 0 Å². The molecule has 0 spiro atoms. The Labute approximate surface area is 80.4 Å². The van der Waals surface area contributed by atoms with Crippen LogP contribution >= 0.6 is 15.9 Å². The maximum Gasteiger partial charge on any atom is 0.0178 e. The first-order valence-electron chi connectivity index (χ1n) is 4.00. The van der Waals surface area contributed by atoms with Gasteiger partial charge in [-0.1, -0.05) is 22.0 Å². The predicted molar refractivity (Wildman–Crippen MR) is 54.6 cm³/mol. The van der Waals surface area contributed by atoms with Gasteiger partial charge in [0.1, 0.15) is 0 Å². The van der Waals surface area contributed by atoms with Crippen LogP contribution in [0.1, 0.15) is 17.5 Å². The molecule has 1 aromatic rings. The van der Waals surface area contributed by atoms with Crippen molar-refractivity contribution in [3.8, 4) is 0 Å². The van der Waals surface area contributed by atoms with E-state index in [0.29, 0.717) is 0 Å². The molecule has 0 bridgehead atoms.